The number of rotatable bonds is 8. The van der Waals surface area contributed by atoms with Gasteiger partial charge in [0.25, 0.3) is 0 Å². The van der Waals surface area contributed by atoms with Gasteiger partial charge in [0, 0.05) is 29.6 Å². The Balaban J connectivity index is 1.58. The van der Waals surface area contributed by atoms with Crippen LogP contribution in [0.1, 0.15) is 61.3 Å². The first-order valence-electron chi connectivity index (χ1n) is 15.6. The van der Waals surface area contributed by atoms with Crippen LogP contribution in [-0.4, -0.2) is 86.6 Å². The van der Waals surface area contributed by atoms with Gasteiger partial charge in [-0.1, -0.05) is 52.0 Å². The van der Waals surface area contributed by atoms with E-state index in [-0.39, 0.29) is 35.0 Å². The Morgan fingerprint density at radius 3 is 2.30 bits per heavy atom. The number of benzene rings is 1. The minimum absolute atomic E-state index is 0.0148. The number of hydrogen-bond acceptors (Lipinski definition) is 6. The van der Waals surface area contributed by atoms with Gasteiger partial charge in [-0.25, -0.2) is 0 Å². The van der Waals surface area contributed by atoms with Crippen LogP contribution in [-0.2, 0) is 14.4 Å². The number of anilines is 1. The summed E-state index contributed by atoms with van der Waals surface area (Å²) in [6, 6.07) is 6.15. The van der Waals surface area contributed by atoms with Gasteiger partial charge >= 0.3 is 0 Å². The van der Waals surface area contributed by atoms with Gasteiger partial charge in [0.2, 0.25) is 17.7 Å². The molecule has 4 heterocycles. The van der Waals surface area contributed by atoms with Crippen LogP contribution in [0.5, 0.6) is 5.75 Å². The van der Waals surface area contributed by atoms with Crippen LogP contribution in [0, 0.1) is 17.3 Å². The lowest BCUT2D eigenvalue weighted by Crippen LogP contribution is -2.60. The molecule has 2 saturated heterocycles. The third-order valence-corrected chi connectivity index (χ3v) is 11.1. The van der Waals surface area contributed by atoms with Crippen LogP contribution in [0.25, 0.3) is 0 Å². The molecule has 1 unspecified atom stereocenters. The lowest BCUT2D eigenvalue weighted by Gasteiger charge is -2.45. The fraction of sp³-hybridized carbons (Fsp3) is 0.618. The minimum Gasteiger partial charge on any atom is -0.494 e. The molecule has 43 heavy (non-hydrogen) atoms. The Bertz CT molecular complexity index is 1300. The van der Waals surface area contributed by atoms with Gasteiger partial charge in [0.1, 0.15) is 11.8 Å². The number of carbonyl (C=O) groups excluding carboxylic acids is 3. The number of aliphatic hydroxyl groups is 1. The summed E-state index contributed by atoms with van der Waals surface area (Å²) in [7, 11) is 0. The zero-order valence-electron chi connectivity index (χ0n) is 26.6. The maximum atomic E-state index is 14.8. The van der Waals surface area contributed by atoms with E-state index >= 15 is 0 Å². The van der Waals surface area contributed by atoms with E-state index in [0.29, 0.717) is 26.1 Å². The number of aliphatic hydroxyl groups excluding tert-OH is 1. The van der Waals surface area contributed by atoms with E-state index in [1.54, 1.807) is 21.6 Å². The Morgan fingerprint density at radius 1 is 1.00 bits per heavy atom. The smallest absolute Gasteiger partial charge is 0.247 e. The van der Waals surface area contributed by atoms with Crippen molar-refractivity contribution in [3.8, 4) is 5.75 Å². The van der Waals surface area contributed by atoms with Crippen LogP contribution in [0.3, 0.4) is 0 Å². The average Bonchev–Trinajstić information content (AvgIpc) is 3.24. The third kappa shape index (κ3) is 5.41. The number of thioether (sulfide) groups is 1. The van der Waals surface area contributed by atoms with Gasteiger partial charge in [-0.15, -0.1) is 11.8 Å². The molecule has 1 spiro atoms. The number of nitrogens with zero attached hydrogens (tertiary/aromatic N) is 3. The minimum atomic E-state index is -0.916. The predicted molar refractivity (Wildman–Crippen MR) is 171 cm³/mol. The lowest BCUT2D eigenvalue weighted by molar-refractivity contribution is -0.149. The van der Waals surface area contributed by atoms with Crippen LogP contribution in [0.2, 0.25) is 0 Å². The monoisotopic (exact) mass is 609 g/mol. The van der Waals surface area contributed by atoms with E-state index in [1.807, 2.05) is 55.2 Å². The molecule has 0 bridgehead atoms. The molecule has 4 aliphatic heterocycles. The summed E-state index contributed by atoms with van der Waals surface area (Å²) in [6.45, 7) is 15.7. The van der Waals surface area contributed by atoms with Gasteiger partial charge in [0.05, 0.1) is 35.8 Å². The van der Waals surface area contributed by atoms with Crippen molar-refractivity contribution in [1.29, 1.82) is 0 Å². The molecular weight excluding hydrogens is 562 g/mol. The van der Waals surface area contributed by atoms with Crippen LogP contribution < -0.4 is 9.64 Å². The molecule has 0 saturated carbocycles. The van der Waals surface area contributed by atoms with Crippen LogP contribution in [0.4, 0.5) is 5.69 Å². The summed E-state index contributed by atoms with van der Waals surface area (Å²) in [5.41, 5.74) is 0.263. The highest BCUT2D eigenvalue weighted by Crippen LogP contribution is 2.62. The first kappa shape index (κ1) is 31.6. The standard InChI is InChI=1S/C34H47N3O5S/c1-8-22(20-38)37-28-31(41)36(33(6,7)21-32(3,4)5)19-11-17-34(28)27(30(37)40)26-25(43-34)12-10-18-35(29(26)39)23-13-15-24(16-14-23)42-9-2/h10-17,22,25-28,38H,8-9,18-21H2,1-7H3/t22-,25-,26+,27-,28?,34-/m0/s1. The van der Waals surface area contributed by atoms with Crippen molar-refractivity contribution in [2.45, 2.75) is 88.9 Å². The van der Waals surface area contributed by atoms with Crippen LogP contribution in [0.15, 0.2) is 48.6 Å². The zero-order valence-corrected chi connectivity index (χ0v) is 27.4. The van der Waals surface area contributed by atoms with E-state index in [9.17, 15) is 19.5 Å². The maximum Gasteiger partial charge on any atom is 0.247 e. The highest BCUT2D eigenvalue weighted by Gasteiger charge is 2.72. The van der Waals surface area contributed by atoms with Crippen molar-refractivity contribution in [2.24, 2.45) is 17.3 Å². The number of hydrogen-bond donors (Lipinski definition) is 1. The van der Waals surface area contributed by atoms with Gasteiger partial charge in [0.15, 0.2) is 0 Å². The number of likely N-dealkylation sites (tertiary alicyclic amines) is 1. The molecule has 4 aliphatic rings. The van der Waals surface area contributed by atoms with E-state index in [2.05, 4.69) is 46.8 Å². The average molecular weight is 610 g/mol. The van der Waals surface area contributed by atoms with E-state index in [1.165, 1.54) is 0 Å². The second-order valence-electron chi connectivity index (χ2n) is 14.0. The maximum absolute atomic E-state index is 14.8. The van der Waals surface area contributed by atoms with Gasteiger partial charge in [-0.05, 0) is 63.3 Å². The molecule has 0 radical (unpaired) electrons. The summed E-state index contributed by atoms with van der Waals surface area (Å²) < 4.78 is 4.68. The van der Waals surface area contributed by atoms with E-state index < -0.39 is 34.2 Å². The summed E-state index contributed by atoms with van der Waals surface area (Å²) in [5, 5.41) is 10.2. The highest BCUT2D eigenvalue weighted by atomic mass is 32.2. The Hall–Kier alpha value is -2.78. The molecule has 0 aromatic heterocycles. The largest absolute Gasteiger partial charge is 0.494 e. The van der Waals surface area contributed by atoms with Crippen LogP contribution >= 0.6 is 11.8 Å². The Kier molecular flexibility index (Phi) is 8.55. The van der Waals surface area contributed by atoms with Crippen molar-refractivity contribution in [3.63, 3.8) is 0 Å². The molecule has 1 N–H and O–H groups in total. The number of amides is 3. The second-order valence-corrected chi connectivity index (χ2v) is 15.5. The van der Waals surface area contributed by atoms with Gasteiger partial charge in [-0.2, -0.15) is 0 Å². The normalized spacial score (nSPS) is 29.8. The van der Waals surface area contributed by atoms with Gasteiger partial charge < -0.3 is 24.5 Å². The molecule has 2 fully saturated rings. The molecule has 9 heteroatoms. The van der Waals surface area contributed by atoms with Crippen molar-refractivity contribution in [1.82, 2.24) is 9.80 Å². The van der Waals surface area contributed by atoms with Crippen molar-refractivity contribution in [3.05, 3.63) is 48.6 Å². The summed E-state index contributed by atoms with van der Waals surface area (Å²) >= 11 is 1.58. The molecule has 0 aliphatic carbocycles. The number of carbonyl (C=O) groups is 3. The van der Waals surface area contributed by atoms with Crippen molar-refractivity contribution >= 4 is 35.2 Å². The topological polar surface area (TPSA) is 90.4 Å². The Morgan fingerprint density at radius 2 is 1.70 bits per heavy atom. The lowest BCUT2D eigenvalue weighted by atomic mass is 9.77. The highest BCUT2D eigenvalue weighted by molar-refractivity contribution is 8.02. The molecule has 234 valence electrons. The van der Waals surface area contributed by atoms with Crippen molar-refractivity contribution < 1.29 is 24.2 Å². The first-order chi connectivity index (χ1) is 20.3. The number of ether oxygens (including phenoxy) is 1. The first-order valence-corrected chi connectivity index (χ1v) is 16.5. The molecule has 1 aromatic rings. The van der Waals surface area contributed by atoms with E-state index in [0.717, 1.165) is 17.9 Å². The summed E-state index contributed by atoms with van der Waals surface area (Å²) in [5.74, 6) is -1.06. The quantitative estimate of drug-likeness (QED) is 0.431. The van der Waals surface area contributed by atoms with Crippen molar-refractivity contribution in [2.75, 3.05) is 31.2 Å². The predicted octanol–water partition coefficient (Wildman–Crippen LogP) is 4.67. The summed E-state index contributed by atoms with van der Waals surface area (Å²) in [6.07, 6.45) is 9.43. The molecule has 5 rings (SSSR count). The summed E-state index contributed by atoms with van der Waals surface area (Å²) in [4.78, 5) is 49.2. The zero-order chi connectivity index (χ0) is 31.3. The van der Waals surface area contributed by atoms with E-state index in [4.69, 9.17) is 4.74 Å². The van der Waals surface area contributed by atoms with Gasteiger partial charge in [-0.3, -0.25) is 14.4 Å². The Labute approximate surface area is 260 Å². The molecule has 3 amide bonds. The fourth-order valence-electron chi connectivity index (χ4n) is 7.94. The molecule has 1 aromatic carbocycles. The molecular formula is C34H47N3O5S. The fourth-order valence-corrected chi connectivity index (χ4v) is 9.94. The SMILES string of the molecule is CCOc1ccc(N2CC=C[C@@H]3S[C@]45C=CCN(C(C)(C)CC(C)(C)C)C(=O)C4N([C@@H](CC)CO)C(=O)[C@@H]5[C@@H]3C2=O)cc1. The molecule has 8 nitrogen and oxygen atoms in total. The third-order valence-electron chi connectivity index (χ3n) is 9.33. The number of fused-ring (bicyclic) bond motifs is 2. The molecule has 6 atom stereocenters. The second kappa shape index (κ2) is 11.6.